The molecule has 0 saturated carbocycles. The van der Waals surface area contributed by atoms with Gasteiger partial charge in [0.2, 0.25) is 0 Å². The maximum absolute atomic E-state index is 12.1. The van der Waals surface area contributed by atoms with Gasteiger partial charge in [0, 0.05) is 24.8 Å². The van der Waals surface area contributed by atoms with Crippen molar-refractivity contribution < 1.29 is 9.53 Å². The highest BCUT2D eigenvalue weighted by atomic mass is 16.5. The Kier molecular flexibility index (Phi) is 4.66. The van der Waals surface area contributed by atoms with Crippen LogP contribution in [0.2, 0.25) is 0 Å². The van der Waals surface area contributed by atoms with Crippen molar-refractivity contribution in [1.82, 2.24) is 10.2 Å². The smallest absolute Gasteiger partial charge is 0.320 e. The molecule has 2 rings (SSSR count). The fourth-order valence-corrected chi connectivity index (χ4v) is 2.35. The molecule has 1 saturated heterocycles. The summed E-state index contributed by atoms with van der Waals surface area (Å²) < 4.78 is 5.11. The largest absolute Gasteiger partial charge is 0.497 e. The van der Waals surface area contributed by atoms with Crippen LogP contribution in [0.5, 0.6) is 5.75 Å². The Balaban J connectivity index is 1.98. The van der Waals surface area contributed by atoms with Crippen LogP contribution in [0.4, 0.5) is 10.5 Å². The van der Waals surface area contributed by atoms with Crippen molar-refractivity contribution >= 4 is 11.7 Å². The monoisotopic (exact) mass is 288 g/mol. The zero-order valence-electron chi connectivity index (χ0n) is 12.3. The third kappa shape index (κ3) is 3.86. The summed E-state index contributed by atoms with van der Waals surface area (Å²) >= 11 is 0. The van der Waals surface area contributed by atoms with Crippen LogP contribution < -0.4 is 15.4 Å². The minimum atomic E-state index is -0.782. The second-order valence-electron chi connectivity index (χ2n) is 5.31. The van der Waals surface area contributed by atoms with Gasteiger partial charge in [0.25, 0.3) is 0 Å². The van der Waals surface area contributed by atoms with E-state index in [1.165, 1.54) is 0 Å². The van der Waals surface area contributed by atoms with Crippen LogP contribution >= 0.6 is 0 Å². The van der Waals surface area contributed by atoms with E-state index in [9.17, 15) is 10.1 Å². The minimum Gasteiger partial charge on any atom is -0.497 e. The van der Waals surface area contributed by atoms with Crippen LogP contribution in [0.15, 0.2) is 24.3 Å². The van der Waals surface area contributed by atoms with Crippen molar-refractivity contribution in [3.8, 4) is 11.8 Å². The maximum atomic E-state index is 12.1. The van der Waals surface area contributed by atoms with Gasteiger partial charge in [-0.3, -0.25) is 0 Å². The molecule has 0 bridgehead atoms. The average molecular weight is 288 g/mol. The average Bonchev–Trinajstić information content (AvgIpc) is 2.50. The lowest BCUT2D eigenvalue weighted by molar-refractivity contribution is 0.193. The van der Waals surface area contributed by atoms with Crippen molar-refractivity contribution in [3.63, 3.8) is 0 Å². The highest BCUT2D eigenvalue weighted by Gasteiger charge is 2.35. The first kappa shape index (κ1) is 15.1. The molecule has 6 heteroatoms. The summed E-state index contributed by atoms with van der Waals surface area (Å²) in [6.45, 7) is 1.60. The molecule has 6 nitrogen and oxygen atoms in total. The number of piperidine rings is 1. The molecular formula is C15H20N4O2. The third-order valence-corrected chi connectivity index (χ3v) is 3.74. The number of hydrogen-bond acceptors (Lipinski definition) is 4. The molecule has 2 amide bonds. The van der Waals surface area contributed by atoms with Gasteiger partial charge in [0.1, 0.15) is 11.3 Å². The first-order valence-corrected chi connectivity index (χ1v) is 6.90. The summed E-state index contributed by atoms with van der Waals surface area (Å²) in [5, 5.41) is 14.9. The molecule has 0 spiro atoms. The summed E-state index contributed by atoms with van der Waals surface area (Å²) in [7, 11) is 3.58. The molecule has 1 fully saturated rings. The van der Waals surface area contributed by atoms with Gasteiger partial charge in [-0.1, -0.05) is 6.07 Å². The molecule has 112 valence electrons. The Morgan fingerprint density at radius 3 is 2.76 bits per heavy atom. The fraction of sp³-hybridized carbons (Fsp3) is 0.467. The van der Waals surface area contributed by atoms with Gasteiger partial charge in [-0.25, -0.2) is 4.79 Å². The molecule has 1 aliphatic heterocycles. The van der Waals surface area contributed by atoms with Crippen LogP contribution in [-0.4, -0.2) is 43.7 Å². The second kappa shape index (κ2) is 6.46. The molecule has 1 aliphatic rings. The number of amides is 2. The number of nitrogens with one attached hydrogen (secondary N) is 2. The fourth-order valence-electron chi connectivity index (χ4n) is 2.35. The quantitative estimate of drug-likeness (QED) is 0.889. The zero-order chi connectivity index (χ0) is 15.3. The molecule has 21 heavy (non-hydrogen) atoms. The lowest BCUT2D eigenvalue weighted by Crippen LogP contribution is -2.54. The second-order valence-corrected chi connectivity index (χ2v) is 5.31. The molecule has 1 heterocycles. The summed E-state index contributed by atoms with van der Waals surface area (Å²) in [6, 6.07) is 8.99. The first-order valence-electron chi connectivity index (χ1n) is 6.90. The van der Waals surface area contributed by atoms with Crippen LogP contribution in [0, 0.1) is 11.3 Å². The highest BCUT2D eigenvalue weighted by molar-refractivity contribution is 5.90. The van der Waals surface area contributed by atoms with Crippen LogP contribution in [0.1, 0.15) is 12.8 Å². The molecule has 0 radical (unpaired) electrons. The SMILES string of the molecule is COc1cccc(NC(=O)NC2(C#N)CCN(C)CC2)c1. The summed E-state index contributed by atoms with van der Waals surface area (Å²) in [5.74, 6) is 0.669. The number of nitrogens with zero attached hydrogens (tertiary/aromatic N) is 2. The van der Waals surface area contributed by atoms with Gasteiger partial charge < -0.3 is 20.3 Å². The van der Waals surface area contributed by atoms with E-state index in [0.29, 0.717) is 24.3 Å². The summed E-state index contributed by atoms with van der Waals surface area (Å²) in [4.78, 5) is 14.2. The molecule has 0 aromatic heterocycles. The Bertz CT molecular complexity index is 545. The van der Waals surface area contributed by atoms with Gasteiger partial charge in [-0.2, -0.15) is 5.26 Å². The molecule has 1 aromatic carbocycles. The van der Waals surface area contributed by atoms with E-state index in [1.54, 1.807) is 31.4 Å². The number of nitriles is 1. The number of carbonyl (C=O) groups is 1. The van der Waals surface area contributed by atoms with Crippen molar-refractivity contribution in [2.75, 3.05) is 32.6 Å². The molecule has 2 N–H and O–H groups in total. The van der Waals surface area contributed by atoms with Gasteiger partial charge in [-0.05, 0) is 32.0 Å². The van der Waals surface area contributed by atoms with E-state index in [1.807, 2.05) is 7.05 Å². The summed E-state index contributed by atoms with van der Waals surface area (Å²) in [6.07, 6.45) is 1.26. The van der Waals surface area contributed by atoms with E-state index >= 15 is 0 Å². The van der Waals surface area contributed by atoms with Gasteiger partial charge in [0.15, 0.2) is 0 Å². The number of carbonyl (C=O) groups excluding carboxylic acids is 1. The normalized spacial score (nSPS) is 17.6. The number of benzene rings is 1. The van der Waals surface area contributed by atoms with E-state index < -0.39 is 5.54 Å². The maximum Gasteiger partial charge on any atom is 0.320 e. The Labute approximate surface area is 124 Å². The van der Waals surface area contributed by atoms with Crippen molar-refractivity contribution in [1.29, 1.82) is 5.26 Å². The number of anilines is 1. The van der Waals surface area contributed by atoms with Crippen molar-refractivity contribution in [3.05, 3.63) is 24.3 Å². The Morgan fingerprint density at radius 1 is 1.43 bits per heavy atom. The number of likely N-dealkylation sites (tertiary alicyclic amines) is 1. The number of ether oxygens (including phenoxy) is 1. The first-order chi connectivity index (χ1) is 10.1. The van der Waals surface area contributed by atoms with Crippen LogP contribution in [0.25, 0.3) is 0 Å². The van der Waals surface area contributed by atoms with E-state index in [2.05, 4.69) is 21.6 Å². The van der Waals surface area contributed by atoms with E-state index in [4.69, 9.17) is 4.74 Å². The number of urea groups is 1. The van der Waals surface area contributed by atoms with Gasteiger partial charge >= 0.3 is 6.03 Å². The number of methoxy groups -OCH3 is 1. The molecular weight excluding hydrogens is 268 g/mol. The third-order valence-electron chi connectivity index (χ3n) is 3.74. The molecule has 1 aromatic rings. The van der Waals surface area contributed by atoms with Gasteiger partial charge in [0.05, 0.1) is 13.2 Å². The predicted octanol–water partition coefficient (Wildman–Crippen LogP) is 1.80. The van der Waals surface area contributed by atoms with Gasteiger partial charge in [-0.15, -0.1) is 0 Å². The Hall–Kier alpha value is -2.26. The predicted molar refractivity (Wildman–Crippen MR) is 80.2 cm³/mol. The van der Waals surface area contributed by atoms with Crippen LogP contribution in [0.3, 0.4) is 0 Å². The molecule has 0 atom stereocenters. The minimum absolute atomic E-state index is 0.366. The zero-order valence-corrected chi connectivity index (χ0v) is 12.3. The van der Waals surface area contributed by atoms with Crippen molar-refractivity contribution in [2.24, 2.45) is 0 Å². The number of hydrogen-bond donors (Lipinski definition) is 2. The summed E-state index contributed by atoms with van der Waals surface area (Å²) in [5.41, 5.74) is -0.150. The lowest BCUT2D eigenvalue weighted by Gasteiger charge is -2.35. The van der Waals surface area contributed by atoms with E-state index in [0.717, 1.165) is 13.1 Å². The van der Waals surface area contributed by atoms with Crippen molar-refractivity contribution in [2.45, 2.75) is 18.4 Å². The lowest BCUT2D eigenvalue weighted by atomic mass is 9.89. The molecule has 0 aliphatic carbocycles. The molecule has 0 unspecified atom stereocenters. The topological polar surface area (TPSA) is 77.4 Å². The number of rotatable bonds is 3. The standard InChI is InChI=1S/C15H20N4O2/c1-19-8-6-15(11-16,7-9-19)18-14(20)17-12-4-3-5-13(10-12)21-2/h3-5,10H,6-9H2,1-2H3,(H2,17,18,20). The van der Waals surface area contributed by atoms with E-state index in [-0.39, 0.29) is 6.03 Å². The highest BCUT2D eigenvalue weighted by Crippen LogP contribution is 2.21. The Morgan fingerprint density at radius 2 is 2.14 bits per heavy atom. The van der Waals surface area contributed by atoms with Crippen LogP contribution in [-0.2, 0) is 0 Å².